The van der Waals surface area contributed by atoms with Gasteiger partial charge in [-0.05, 0) is 32.9 Å². The highest BCUT2D eigenvalue weighted by Gasteiger charge is 2.25. The lowest BCUT2D eigenvalue weighted by molar-refractivity contribution is -1.02. The standard InChI is InChI=1S/C25H31N5O/c1-19-8-7-9-22(16-19)17-28-12-14-29(15-13-28)18-24(31)26-25-20(2)27-30(21(25)3)23-10-5-4-6-11-23/h4-11,16H,12-15,17-18H2,1-3H3,(H,26,31)/p+2. The number of nitrogens with zero attached hydrogens (tertiary/aromatic N) is 2. The summed E-state index contributed by atoms with van der Waals surface area (Å²) in [6.07, 6.45) is 0. The topological polar surface area (TPSA) is 55.8 Å². The van der Waals surface area contributed by atoms with Gasteiger partial charge in [0.1, 0.15) is 32.7 Å². The Morgan fingerprint density at radius 2 is 1.68 bits per heavy atom. The Balaban J connectivity index is 1.31. The second kappa shape index (κ2) is 9.45. The van der Waals surface area contributed by atoms with Crippen LogP contribution in [0.4, 0.5) is 5.69 Å². The molecule has 1 saturated heterocycles. The number of amides is 1. The fourth-order valence-corrected chi connectivity index (χ4v) is 4.48. The molecule has 0 aliphatic carbocycles. The van der Waals surface area contributed by atoms with Gasteiger partial charge in [0.15, 0.2) is 6.54 Å². The molecule has 6 heteroatoms. The number of piperazine rings is 1. The number of hydrogen-bond donors (Lipinski definition) is 3. The zero-order valence-electron chi connectivity index (χ0n) is 18.7. The molecule has 4 rings (SSSR count). The average Bonchev–Trinajstić information content (AvgIpc) is 3.04. The van der Waals surface area contributed by atoms with Crippen LogP contribution in [-0.4, -0.2) is 48.4 Å². The zero-order chi connectivity index (χ0) is 21.8. The maximum atomic E-state index is 12.8. The van der Waals surface area contributed by atoms with Crippen molar-refractivity contribution in [2.75, 3.05) is 38.0 Å². The van der Waals surface area contributed by atoms with E-state index in [1.165, 1.54) is 16.0 Å². The van der Waals surface area contributed by atoms with Gasteiger partial charge in [-0.1, -0.05) is 48.0 Å². The van der Waals surface area contributed by atoms with Gasteiger partial charge >= 0.3 is 0 Å². The normalized spacial score (nSPS) is 18.7. The fourth-order valence-electron chi connectivity index (χ4n) is 4.48. The molecule has 0 spiro atoms. The average molecular weight is 420 g/mol. The van der Waals surface area contributed by atoms with E-state index in [2.05, 4.69) is 41.6 Å². The SMILES string of the molecule is Cc1cccc(C[NH+]2CC[NH+](CC(=O)Nc3c(C)nn(-c4ccccc4)c3C)CC2)c1. The van der Waals surface area contributed by atoms with Crippen molar-refractivity contribution in [2.45, 2.75) is 27.3 Å². The second-order valence-electron chi connectivity index (χ2n) is 8.68. The van der Waals surface area contributed by atoms with Crippen LogP contribution in [0.2, 0.25) is 0 Å². The second-order valence-corrected chi connectivity index (χ2v) is 8.68. The molecule has 0 bridgehead atoms. The smallest absolute Gasteiger partial charge is 0.279 e. The lowest BCUT2D eigenvalue weighted by Gasteiger charge is -2.29. The number of anilines is 1. The first-order valence-electron chi connectivity index (χ1n) is 11.1. The van der Waals surface area contributed by atoms with Crippen LogP contribution in [0, 0.1) is 20.8 Å². The van der Waals surface area contributed by atoms with Crippen LogP contribution in [-0.2, 0) is 11.3 Å². The van der Waals surface area contributed by atoms with Gasteiger partial charge in [0.25, 0.3) is 5.91 Å². The molecule has 1 amide bonds. The monoisotopic (exact) mass is 419 g/mol. The molecule has 162 valence electrons. The molecule has 3 N–H and O–H groups in total. The third-order valence-corrected chi connectivity index (χ3v) is 6.17. The Kier molecular flexibility index (Phi) is 6.49. The Hall–Kier alpha value is -2.96. The van der Waals surface area contributed by atoms with Crippen LogP contribution >= 0.6 is 0 Å². The Morgan fingerprint density at radius 3 is 2.39 bits per heavy atom. The molecule has 31 heavy (non-hydrogen) atoms. The molecular formula is C25H33N5O+2. The molecule has 0 saturated carbocycles. The molecule has 6 nitrogen and oxygen atoms in total. The van der Waals surface area contributed by atoms with E-state index < -0.39 is 0 Å². The van der Waals surface area contributed by atoms with E-state index in [0.717, 1.165) is 55.5 Å². The minimum atomic E-state index is 0.0657. The summed E-state index contributed by atoms with van der Waals surface area (Å²) in [5, 5.41) is 7.75. The minimum absolute atomic E-state index is 0.0657. The predicted molar refractivity (Wildman–Crippen MR) is 123 cm³/mol. The lowest BCUT2D eigenvalue weighted by Crippen LogP contribution is -3.28. The van der Waals surface area contributed by atoms with Gasteiger partial charge < -0.3 is 15.1 Å². The summed E-state index contributed by atoms with van der Waals surface area (Å²) >= 11 is 0. The maximum absolute atomic E-state index is 12.8. The number of carbonyl (C=O) groups excluding carboxylic acids is 1. The summed E-state index contributed by atoms with van der Waals surface area (Å²) in [6.45, 7) is 11.9. The summed E-state index contributed by atoms with van der Waals surface area (Å²) in [7, 11) is 0. The van der Waals surface area contributed by atoms with Crippen molar-refractivity contribution < 1.29 is 14.6 Å². The van der Waals surface area contributed by atoms with Crippen LogP contribution in [0.25, 0.3) is 5.69 Å². The van der Waals surface area contributed by atoms with Crippen molar-refractivity contribution in [1.82, 2.24) is 9.78 Å². The molecule has 0 unspecified atom stereocenters. The number of para-hydroxylation sites is 1. The largest absolute Gasteiger partial charge is 0.322 e. The van der Waals surface area contributed by atoms with Crippen molar-refractivity contribution in [3.05, 3.63) is 77.1 Å². The Labute approximate surface area is 184 Å². The Morgan fingerprint density at radius 1 is 0.968 bits per heavy atom. The quantitative estimate of drug-likeness (QED) is 0.552. The van der Waals surface area contributed by atoms with Gasteiger partial charge in [-0.3, -0.25) is 4.79 Å². The first-order valence-corrected chi connectivity index (χ1v) is 11.1. The van der Waals surface area contributed by atoms with Crippen molar-refractivity contribution in [1.29, 1.82) is 0 Å². The third-order valence-electron chi connectivity index (χ3n) is 6.17. The Bertz CT molecular complexity index is 1040. The molecule has 0 atom stereocenters. The summed E-state index contributed by atoms with van der Waals surface area (Å²) < 4.78 is 1.89. The van der Waals surface area contributed by atoms with Crippen LogP contribution in [0.5, 0.6) is 0 Å². The summed E-state index contributed by atoms with van der Waals surface area (Å²) in [5.41, 5.74) is 6.35. The summed E-state index contributed by atoms with van der Waals surface area (Å²) in [5.74, 6) is 0.0657. The number of nitrogens with one attached hydrogen (secondary N) is 3. The molecule has 2 aromatic carbocycles. The summed E-state index contributed by atoms with van der Waals surface area (Å²) in [4.78, 5) is 15.7. The number of rotatable bonds is 6. The molecule has 1 aromatic heterocycles. The summed E-state index contributed by atoms with van der Waals surface area (Å²) in [6, 6.07) is 18.8. The number of hydrogen-bond acceptors (Lipinski definition) is 2. The number of carbonyl (C=O) groups is 1. The third kappa shape index (κ3) is 5.21. The van der Waals surface area contributed by atoms with E-state index >= 15 is 0 Å². The fraction of sp³-hybridized carbons (Fsp3) is 0.360. The van der Waals surface area contributed by atoms with Gasteiger partial charge in [0, 0.05) is 5.56 Å². The highest BCUT2D eigenvalue weighted by molar-refractivity contribution is 5.92. The van der Waals surface area contributed by atoms with Gasteiger partial charge in [0.2, 0.25) is 0 Å². The first kappa shape index (κ1) is 21.3. The lowest BCUT2D eigenvalue weighted by atomic mass is 10.1. The van der Waals surface area contributed by atoms with E-state index in [1.54, 1.807) is 4.90 Å². The highest BCUT2D eigenvalue weighted by Crippen LogP contribution is 2.22. The van der Waals surface area contributed by atoms with E-state index in [-0.39, 0.29) is 5.91 Å². The zero-order valence-corrected chi connectivity index (χ0v) is 18.7. The number of quaternary nitrogens is 2. The van der Waals surface area contributed by atoms with Crippen LogP contribution in [0.3, 0.4) is 0 Å². The molecular weight excluding hydrogens is 386 g/mol. The molecule has 1 aliphatic rings. The highest BCUT2D eigenvalue weighted by atomic mass is 16.2. The van der Waals surface area contributed by atoms with Crippen LogP contribution in [0.15, 0.2) is 54.6 Å². The molecule has 0 radical (unpaired) electrons. The van der Waals surface area contributed by atoms with E-state index in [1.807, 2.05) is 48.9 Å². The number of aromatic nitrogens is 2. The number of benzene rings is 2. The van der Waals surface area contributed by atoms with Gasteiger partial charge in [0.05, 0.1) is 22.8 Å². The van der Waals surface area contributed by atoms with Gasteiger partial charge in [-0.25, -0.2) is 4.68 Å². The van der Waals surface area contributed by atoms with Crippen molar-refractivity contribution >= 4 is 11.6 Å². The molecule has 3 aromatic rings. The van der Waals surface area contributed by atoms with Crippen LogP contribution < -0.4 is 15.1 Å². The van der Waals surface area contributed by atoms with E-state index in [4.69, 9.17) is 0 Å². The van der Waals surface area contributed by atoms with Gasteiger partial charge in [-0.15, -0.1) is 0 Å². The van der Waals surface area contributed by atoms with Crippen LogP contribution in [0.1, 0.15) is 22.5 Å². The van der Waals surface area contributed by atoms with Crippen molar-refractivity contribution in [3.63, 3.8) is 0 Å². The molecule has 2 heterocycles. The minimum Gasteiger partial charge on any atom is -0.322 e. The number of aryl methyl sites for hydroxylation is 2. The van der Waals surface area contributed by atoms with Gasteiger partial charge in [-0.2, -0.15) is 5.10 Å². The molecule has 1 aliphatic heterocycles. The maximum Gasteiger partial charge on any atom is 0.279 e. The van der Waals surface area contributed by atoms with E-state index in [9.17, 15) is 4.79 Å². The van der Waals surface area contributed by atoms with Crippen molar-refractivity contribution in [3.8, 4) is 5.69 Å². The first-order chi connectivity index (χ1) is 15.0. The van der Waals surface area contributed by atoms with Crippen molar-refractivity contribution in [2.24, 2.45) is 0 Å². The van der Waals surface area contributed by atoms with E-state index in [0.29, 0.717) is 6.54 Å². The molecule has 1 fully saturated rings. The predicted octanol–water partition coefficient (Wildman–Crippen LogP) is 0.720.